The predicted octanol–water partition coefficient (Wildman–Crippen LogP) is 2.28. The maximum atomic E-state index is 13.9. The third-order valence-corrected chi connectivity index (χ3v) is 2.93. The molecule has 1 aromatic heterocycles. The highest BCUT2D eigenvalue weighted by Gasteiger charge is 2.16. The van der Waals surface area contributed by atoms with Crippen molar-refractivity contribution in [1.29, 1.82) is 5.26 Å². The van der Waals surface area contributed by atoms with Gasteiger partial charge in [0.05, 0.1) is 16.1 Å². The minimum absolute atomic E-state index is 0.190. The normalized spacial score (nSPS) is 9.81. The molecule has 0 atom stereocenters. The molecule has 1 amide bonds. The summed E-state index contributed by atoms with van der Waals surface area (Å²) >= 11 is 5.85. The fourth-order valence-corrected chi connectivity index (χ4v) is 1.82. The van der Waals surface area contributed by atoms with Crippen molar-refractivity contribution in [2.24, 2.45) is 5.84 Å². The number of nitrogens with one attached hydrogen (secondary N) is 2. The number of halogens is 2. The molecule has 21 heavy (non-hydrogen) atoms. The van der Waals surface area contributed by atoms with E-state index in [9.17, 15) is 9.18 Å². The molecule has 1 aromatic carbocycles. The van der Waals surface area contributed by atoms with Crippen LogP contribution in [-0.4, -0.2) is 10.9 Å². The Kier molecular flexibility index (Phi) is 4.33. The van der Waals surface area contributed by atoms with Gasteiger partial charge in [-0.15, -0.1) is 0 Å². The van der Waals surface area contributed by atoms with Crippen molar-refractivity contribution in [2.45, 2.75) is 0 Å². The Morgan fingerprint density at radius 1 is 1.43 bits per heavy atom. The summed E-state index contributed by atoms with van der Waals surface area (Å²) in [6.45, 7) is 0. The molecule has 0 aliphatic heterocycles. The van der Waals surface area contributed by atoms with Gasteiger partial charge in [0.25, 0.3) is 5.91 Å². The van der Waals surface area contributed by atoms with Gasteiger partial charge in [-0.05, 0) is 24.3 Å². The van der Waals surface area contributed by atoms with E-state index in [0.29, 0.717) is 5.69 Å². The molecular weight excluding hydrogens is 297 g/mol. The maximum absolute atomic E-state index is 13.9. The molecule has 0 bridgehead atoms. The summed E-state index contributed by atoms with van der Waals surface area (Å²) in [5.41, 5.74) is 2.44. The summed E-state index contributed by atoms with van der Waals surface area (Å²) in [7, 11) is 0. The van der Waals surface area contributed by atoms with Crippen LogP contribution < -0.4 is 16.6 Å². The summed E-state index contributed by atoms with van der Waals surface area (Å²) < 4.78 is 13.9. The van der Waals surface area contributed by atoms with Gasteiger partial charge in [0.2, 0.25) is 0 Å². The number of nitriles is 1. The topological polar surface area (TPSA) is 104 Å². The van der Waals surface area contributed by atoms with Gasteiger partial charge in [-0.3, -0.25) is 4.79 Å². The summed E-state index contributed by atoms with van der Waals surface area (Å²) in [4.78, 5) is 15.6. The molecule has 106 valence electrons. The first-order valence-electron chi connectivity index (χ1n) is 5.69. The number of anilines is 2. The number of amides is 1. The van der Waals surface area contributed by atoms with Crippen LogP contribution in [0.3, 0.4) is 0 Å². The highest BCUT2D eigenvalue weighted by atomic mass is 35.5. The molecule has 0 saturated heterocycles. The second-order valence-corrected chi connectivity index (χ2v) is 4.33. The van der Waals surface area contributed by atoms with Crippen molar-refractivity contribution in [2.75, 3.05) is 10.7 Å². The van der Waals surface area contributed by atoms with Crippen molar-refractivity contribution >= 4 is 29.0 Å². The van der Waals surface area contributed by atoms with Gasteiger partial charge in [0.15, 0.2) is 11.6 Å². The van der Waals surface area contributed by atoms with Crippen LogP contribution in [0, 0.1) is 17.1 Å². The second-order valence-electron chi connectivity index (χ2n) is 3.93. The summed E-state index contributed by atoms with van der Waals surface area (Å²) in [5.74, 6) is 3.30. The summed E-state index contributed by atoms with van der Waals surface area (Å²) in [6.07, 6.45) is 1.25. The fraction of sp³-hybridized carbons (Fsp3) is 0. The van der Waals surface area contributed by atoms with Gasteiger partial charge < -0.3 is 10.7 Å². The van der Waals surface area contributed by atoms with Crippen LogP contribution in [0.25, 0.3) is 0 Å². The Labute approximate surface area is 124 Å². The smallest absolute Gasteiger partial charge is 0.258 e. The Morgan fingerprint density at radius 2 is 2.19 bits per heavy atom. The molecule has 1 heterocycles. The SMILES string of the molecule is N#Cc1ccc(NC(=O)c2ccnc(NN)c2F)cc1Cl. The van der Waals surface area contributed by atoms with Gasteiger partial charge in [-0.25, -0.2) is 15.2 Å². The number of benzene rings is 1. The number of hydrogen-bond acceptors (Lipinski definition) is 5. The zero-order valence-electron chi connectivity index (χ0n) is 10.5. The molecule has 0 fully saturated rings. The molecule has 4 N–H and O–H groups in total. The van der Waals surface area contributed by atoms with E-state index in [1.165, 1.54) is 30.5 Å². The third-order valence-electron chi connectivity index (χ3n) is 2.62. The number of carbonyl (C=O) groups is 1. The van der Waals surface area contributed by atoms with E-state index in [1.54, 1.807) is 0 Å². The summed E-state index contributed by atoms with van der Waals surface area (Å²) in [6, 6.07) is 7.46. The molecule has 2 rings (SSSR count). The molecule has 6 nitrogen and oxygen atoms in total. The predicted molar refractivity (Wildman–Crippen MR) is 76.1 cm³/mol. The van der Waals surface area contributed by atoms with E-state index in [0.717, 1.165) is 0 Å². The van der Waals surface area contributed by atoms with Gasteiger partial charge in [-0.1, -0.05) is 11.6 Å². The van der Waals surface area contributed by atoms with Crippen molar-refractivity contribution in [3.63, 3.8) is 0 Å². The van der Waals surface area contributed by atoms with Crippen LogP contribution in [0.2, 0.25) is 5.02 Å². The summed E-state index contributed by atoms with van der Waals surface area (Å²) in [5, 5.41) is 11.4. The van der Waals surface area contributed by atoms with Gasteiger partial charge in [0.1, 0.15) is 6.07 Å². The van der Waals surface area contributed by atoms with Gasteiger partial charge in [-0.2, -0.15) is 5.26 Å². The van der Waals surface area contributed by atoms with Crippen LogP contribution in [0.4, 0.5) is 15.9 Å². The molecule has 0 aliphatic rings. The zero-order chi connectivity index (χ0) is 15.4. The van der Waals surface area contributed by atoms with Crippen molar-refractivity contribution < 1.29 is 9.18 Å². The average molecular weight is 306 g/mol. The van der Waals surface area contributed by atoms with E-state index >= 15 is 0 Å². The zero-order valence-corrected chi connectivity index (χ0v) is 11.3. The Bertz CT molecular complexity index is 744. The second kappa shape index (κ2) is 6.17. The van der Waals surface area contributed by atoms with Crippen LogP contribution in [-0.2, 0) is 0 Å². The lowest BCUT2D eigenvalue weighted by atomic mass is 10.2. The number of nitrogens with zero attached hydrogens (tertiary/aromatic N) is 2. The number of nitrogens with two attached hydrogens (primary N) is 1. The molecule has 0 spiro atoms. The van der Waals surface area contributed by atoms with Gasteiger partial charge in [0, 0.05) is 11.9 Å². The van der Waals surface area contributed by atoms with Crippen LogP contribution in [0.1, 0.15) is 15.9 Å². The number of rotatable bonds is 3. The quantitative estimate of drug-likeness (QED) is 0.596. The Morgan fingerprint density at radius 3 is 2.81 bits per heavy atom. The van der Waals surface area contributed by atoms with E-state index < -0.39 is 11.7 Å². The number of carbonyl (C=O) groups excluding carboxylic acids is 1. The number of nitrogen functional groups attached to an aromatic ring is 1. The number of pyridine rings is 1. The largest absolute Gasteiger partial charge is 0.322 e. The number of aromatic nitrogens is 1. The van der Waals surface area contributed by atoms with Gasteiger partial charge >= 0.3 is 0 Å². The van der Waals surface area contributed by atoms with E-state index in [4.69, 9.17) is 22.7 Å². The van der Waals surface area contributed by atoms with E-state index in [-0.39, 0.29) is 22.0 Å². The first-order chi connectivity index (χ1) is 10.1. The molecule has 0 aliphatic carbocycles. The molecular formula is C13H9ClFN5O. The highest BCUT2D eigenvalue weighted by Crippen LogP contribution is 2.21. The molecule has 0 unspecified atom stereocenters. The number of hydrogen-bond donors (Lipinski definition) is 3. The molecule has 2 aromatic rings. The molecule has 0 saturated carbocycles. The highest BCUT2D eigenvalue weighted by molar-refractivity contribution is 6.32. The standard InChI is InChI=1S/C13H9ClFN5O/c14-10-5-8(2-1-7(10)6-16)19-13(21)9-3-4-18-12(20-17)11(9)15/h1-5H,17H2,(H,18,20)(H,19,21). The van der Waals surface area contributed by atoms with Crippen molar-refractivity contribution in [3.05, 3.63) is 52.4 Å². The Hall–Kier alpha value is -2.69. The van der Waals surface area contributed by atoms with Crippen molar-refractivity contribution in [1.82, 2.24) is 4.98 Å². The third kappa shape index (κ3) is 3.08. The molecule has 8 heteroatoms. The Balaban J connectivity index is 2.27. The fourth-order valence-electron chi connectivity index (χ4n) is 1.60. The van der Waals surface area contributed by atoms with Crippen LogP contribution >= 0.6 is 11.6 Å². The van der Waals surface area contributed by atoms with Crippen molar-refractivity contribution in [3.8, 4) is 6.07 Å². The lowest BCUT2D eigenvalue weighted by Gasteiger charge is -2.08. The monoisotopic (exact) mass is 305 g/mol. The lowest BCUT2D eigenvalue weighted by Crippen LogP contribution is -2.17. The lowest BCUT2D eigenvalue weighted by molar-refractivity contribution is 0.102. The van der Waals surface area contributed by atoms with E-state index in [2.05, 4.69) is 15.7 Å². The minimum atomic E-state index is -0.864. The minimum Gasteiger partial charge on any atom is -0.322 e. The van der Waals surface area contributed by atoms with E-state index in [1.807, 2.05) is 6.07 Å². The maximum Gasteiger partial charge on any atom is 0.258 e. The van der Waals surface area contributed by atoms with Crippen LogP contribution in [0.5, 0.6) is 0 Å². The van der Waals surface area contributed by atoms with Crippen LogP contribution in [0.15, 0.2) is 30.5 Å². The average Bonchev–Trinajstić information content (AvgIpc) is 2.47. The number of hydrazine groups is 1. The first-order valence-corrected chi connectivity index (χ1v) is 6.06. The first kappa shape index (κ1) is 14.7. The molecule has 0 radical (unpaired) electrons.